The number of likely N-dealkylation sites (N-methyl/N-ethyl adjacent to an activating group) is 1. The van der Waals surface area contributed by atoms with Gasteiger partial charge in [-0.1, -0.05) is 19.8 Å². The van der Waals surface area contributed by atoms with Crippen molar-refractivity contribution in [3.05, 3.63) is 0 Å². The van der Waals surface area contributed by atoms with Gasteiger partial charge >= 0.3 is 0 Å². The Bertz CT molecular complexity index is 271. The molecule has 2 unspecified atom stereocenters. The maximum Gasteiger partial charge on any atom is 0.242 e. The van der Waals surface area contributed by atoms with Crippen molar-refractivity contribution in [3.8, 4) is 0 Å². The van der Waals surface area contributed by atoms with Gasteiger partial charge in [0, 0.05) is 19.7 Å². The molecular weight excluding hydrogens is 228 g/mol. The van der Waals surface area contributed by atoms with Gasteiger partial charge < -0.3 is 15.4 Å². The van der Waals surface area contributed by atoms with Gasteiger partial charge in [0.2, 0.25) is 5.91 Å². The molecule has 1 amide bonds. The molecule has 1 aliphatic rings. The minimum atomic E-state index is -0.639. The van der Waals surface area contributed by atoms with E-state index in [1.165, 1.54) is 6.42 Å². The first-order chi connectivity index (χ1) is 8.53. The highest BCUT2D eigenvalue weighted by Gasteiger charge is 2.40. The molecule has 1 rings (SSSR count). The second kappa shape index (κ2) is 7.10. The zero-order valence-corrected chi connectivity index (χ0v) is 12.1. The first-order valence-corrected chi connectivity index (χ1v) is 7.19. The van der Waals surface area contributed by atoms with E-state index in [4.69, 9.17) is 10.5 Å². The molecule has 0 saturated heterocycles. The van der Waals surface area contributed by atoms with Crippen LogP contribution in [0.5, 0.6) is 0 Å². The summed E-state index contributed by atoms with van der Waals surface area (Å²) in [6.45, 7) is 8.79. The molecule has 0 heterocycles. The minimum absolute atomic E-state index is 0.108. The molecule has 1 aliphatic carbocycles. The first kappa shape index (κ1) is 15.4. The molecule has 1 fully saturated rings. The fourth-order valence-corrected chi connectivity index (χ4v) is 2.82. The van der Waals surface area contributed by atoms with Crippen LogP contribution in [-0.4, -0.2) is 42.6 Å². The van der Waals surface area contributed by atoms with Crippen LogP contribution in [-0.2, 0) is 9.53 Å². The van der Waals surface area contributed by atoms with Gasteiger partial charge in [0.1, 0.15) is 0 Å². The number of hydrogen-bond donors (Lipinski definition) is 1. The lowest BCUT2D eigenvalue weighted by Crippen LogP contribution is -2.57. The van der Waals surface area contributed by atoms with Gasteiger partial charge in [-0.2, -0.15) is 0 Å². The highest BCUT2D eigenvalue weighted by Crippen LogP contribution is 2.31. The summed E-state index contributed by atoms with van der Waals surface area (Å²) in [4.78, 5) is 14.4. The van der Waals surface area contributed by atoms with Crippen LogP contribution < -0.4 is 5.73 Å². The molecule has 0 bridgehead atoms. The maximum atomic E-state index is 12.5. The Balaban J connectivity index is 2.58. The molecule has 2 atom stereocenters. The Morgan fingerprint density at radius 3 is 2.78 bits per heavy atom. The SMILES string of the molecule is CCOCCN(CC)C(=O)C1(N)CCCC(C)C1. The topological polar surface area (TPSA) is 55.6 Å². The fourth-order valence-electron chi connectivity index (χ4n) is 2.82. The number of rotatable bonds is 6. The van der Waals surface area contributed by atoms with Crippen LogP contribution in [0.3, 0.4) is 0 Å². The summed E-state index contributed by atoms with van der Waals surface area (Å²) in [6.07, 6.45) is 3.89. The standard InChI is InChI=1S/C14H28N2O2/c1-4-16(9-10-18-5-2)13(17)14(15)8-6-7-12(3)11-14/h12H,4-11,15H2,1-3H3. The average Bonchev–Trinajstić information content (AvgIpc) is 2.34. The van der Waals surface area contributed by atoms with Crippen LogP contribution in [0.2, 0.25) is 0 Å². The zero-order chi connectivity index (χ0) is 13.6. The maximum absolute atomic E-state index is 12.5. The summed E-state index contributed by atoms with van der Waals surface area (Å²) in [5.41, 5.74) is 5.70. The normalized spacial score (nSPS) is 28.1. The summed E-state index contributed by atoms with van der Waals surface area (Å²) in [5.74, 6) is 0.662. The molecule has 0 aliphatic heterocycles. The van der Waals surface area contributed by atoms with Crippen LogP contribution in [0.25, 0.3) is 0 Å². The summed E-state index contributed by atoms with van der Waals surface area (Å²) >= 11 is 0. The van der Waals surface area contributed by atoms with Gasteiger partial charge in [-0.25, -0.2) is 0 Å². The van der Waals surface area contributed by atoms with E-state index >= 15 is 0 Å². The van der Waals surface area contributed by atoms with Crippen LogP contribution in [0.4, 0.5) is 0 Å². The van der Waals surface area contributed by atoms with Gasteiger partial charge in [0.05, 0.1) is 12.1 Å². The molecule has 106 valence electrons. The summed E-state index contributed by atoms with van der Waals surface area (Å²) in [5, 5.41) is 0. The number of carbonyl (C=O) groups is 1. The third-order valence-corrected chi connectivity index (χ3v) is 3.84. The van der Waals surface area contributed by atoms with Crippen molar-refractivity contribution in [1.29, 1.82) is 0 Å². The highest BCUT2D eigenvalue weighted by molar-refractivity contribution is 5.86. The predicted octanol–water partition coefficient (Wildman–Crippen LogP) is 1.78. The van der Waals surface area contributed by atoms with E-state index < -0.39 is 5.54 Å². The van der Waals surface area contributed by atoms with E-state index in [9.17, 15) is 4.79 Å². The number of nitrogens with two attached hydrogens (primary N) is 1. The summed E-state index contributed by atoms with van der Waals surface area (Å²) < 4.78 is 5.32. The molecule has 0 aromatic carbocycles. The van der Waals surface area contributed by atoms with Crippen molar-refractivity contribution in [2.45, 2.75) is 52.0 Å². The Morgan fingerprint density at radius 1 is 1.50 bits per heavy atom. The van der Waals surface area contributed by atoms with Gasteiger partial charge in [0.15, 0.2) is 0 Å². The van der Waals surface area contributed by atoms with E-state index in [0.29, 0.717) is 32.2 Å². The number of carbonyl (C=O) groups excluding carboxylic acids is 1. The smallest absolute Gasteiger partial charge is 0.242 e. The quantitative estimate of drug-likeness (QED) is 0.737. The second-order valence-electron chi connectivity index (χ2n) is 5.44. The molecule has 18 heavy (non-hydrogen) atoms. The Kier molecular flexibility index (Phi) is 6.09. The van der Waals surface area contributed by atoms with Crippen molar-refractivity contribution in [1.82, 2.24) is 4.90 Å². The second-order valence-corrected chi connectivity index (χ2v) is 5.44. The van der Waals surface area contributed by atoms with Crippen molar-refractivity contribution in [3.63, 3.8) is 0 Å². The van der Waals surface area contributed by atoms with Crippen LogP contribution in [0, 0.1) is 5.92 Å². The molecule has 2 N–H and O–H groups in total. The summed E-state index contributed by atoms with van der Waals surface area (Å²) in [6, 6.07) is 0. The first-order valence-electron chi connectivity index (χ1n) is 7.19. The lowest BCUT2D eigenvalue weighted by molar-refractivity contribution is -0.139. The number of nitrogens with zero attached hydrogens (tertiary/aromatic N) is 1. The molecule has 0 aromatic heterocycles. The van der Waals surface area contributed by atoms with Gasteiger partial charge in [-0.05, 0) is 32.6 Å². The molecule has 0 spiro atoms. The largest absolute Gasteiger partial charge is 0.380 e. The highest BCUT2D eigenvalue weighted by atomic mass is 16.5. The average molecular weight is 256 g/mol. The van der Waals surface area contributed by atoms with Gasteiger partial charge in [-0.15, -0.1) is 0 Å². The Labute approximate surface area is 111 Å². The lowest BCUT2D eigenvalue weighted by atomic mass is 9.76. The molecule has 0 aromatic rings. The Hall–Kier alpha value is -0.610. The fraction of sp³-hybridized carbons (Fsp3) is 0.929. The molecule has 0 radical (unpaired) electrons. The van der Waals surface area contributed by atoms with Crippen LogP contribution >= 0.6 is 0 Å². The third-order valence-electron chi connectivity index (χ3n) is 3.84. The lowest BCUT2D eigenvalue weighted by Gasteiger charge is -2.39. The zero-order valence-electron chi connectivity index (χ0n) is 12.1. The summed E-state index contributed by atoms with van der Waals surface area (Å²) in [7, 11) is 0. The Morgan fingerprint density at radius 2 is 2.22 bits per heavy atom. The number of hydrogen-bond acceptors (Lipinski definition) is 3. The van der Waals surface area contributed by atoms with E-state index in [0.717, 1.165) is 19.3 Å². The number of amides is 1. The van der Waals surface area contributed by atoms with Crippen molar-refractivity contribution < 1.29 is 9.53 Å². The van der Waals surface area contributed by atoms with E-state index in [1.807, 2.05) is 18.7 Å². The molecule has 4 heteroatoms. The third kappa shape index (κ3) is 3.95. The van der Waals surface area contributed by atoms with Crippen molar-refractivity contribution in [2.75, 3.05) is 26.3 Å². The van der Waals surface area contributed by atoms with Gasteiger partial charge in [-0.3, -0.25) is 4.79 Å². The van der Waals surface area contributed by atoms with Crippen LogP contribution in [0.15, 0.2) is 0 Å². The van der Waals surface area contributed by atoms with E-state index in [1.54, 1.807) is 0 Å². The predicted molar refractivity (Wildman–Crippen MR) is 73.3 cm³/mol. The van der Waals surface area contributed by atoms with E-state index in [2.05, 4.69) is 6.92 Å². The van der Waals surface area contributed by atoms with Crippen molar-refractivity contribution in [2.24, 2.45) is 11.7 Å². The van der Waals surface area contributed by atoms with Gasteiger partial charge in [0.25, 0.3) is 0 Å². The molecule has 4 nitrogen and oxygen atoms in total. The number of ether oxygens (including phenoxy) is 1. The van der Waals surface area contributed by atoms with Crippen molar-refractivity contribution >= 4 is 5.91 Å². The van der Waals surface area contributed by atoms with Crippen LogP contribution in [0.1, 0.15) is 46.5 Å². The van der Waals surface area contributed by atoms with E-state index in [-0.39, 0.29) is 5.91 Å². The monoisotopic (exact) mass is 256 g/mol. The minimum Gasteiger partial charge on any atom is -0.380 e. The molecular formula is C14H28N2O2. The molecule has 1 saturated carbocycles.